The molecule has 0 spiro atoms. The second-order valence-corrected chi connectivity index (χ2v) is 10.5. The average molecular weight is 507 g/mol. The number of aryl methyl sites for hydroxylation is 2. The van der Waals surface area contributed by atoms with Crippen LogP contribution in [-0.2, 0) is 27.2 Å². The number of carbonyl (C=O) groups is 2. The summed E-state index contributed by atoms with van der Waals surface area (Å²) in [5, 5.41) is 12.8. The first kappa shape index (κ1) is 22.9. The lowest BCUT2D eigenvalue weighted by Gasteiger charge is -2.17. The zero-order chi connectivity index (χ0) is 21.8. The van der Waals surface area contributed by atoms with Crippen LogP contribution in [0.2, 0.25) is 0 Å². The largest absolute Gasteiger partial charge is 0.455 e. The molecule has 1 N–H and O–H groups in total. The fraction of sp³-hybridized carbons (Fsp3) is 0.409. The van der Waals surface area contributed by atoms with Crippen molar-refractivity contribution in [1.82, 2.24) is 0 Å². The summed E-state index contributed by atoms with van der Waals surface area (Å²) in [4.78, 5) is 26.5. The lowest BCUT2D eigenvalue weighted by atomic mass is 9.89. The summed E-state index contributed by atoms with van der Waals surface area (Å²) in [5.41, 5.74) is 3.78. The Hall–Kier alpha value is -1.82. The van der Waals surface area contributed by atoms with Crippen LogP contribution in [0.1, 0.15) is 40.5 Å². The molecule has 2 aromatic rings. The van der Waals surface area contributed by atoms with Gasteiger partial charge in [-0.2, -0.15) is 5.26 Å². The van der Waals surface area contributed by atoms with E-state index in [1.165, 1.54) is 28.0 Å². The number of rotatable bonds is 6. The zero-order valence-corrected chi connectivity index (χ0v) is 20.4. The Morgan fingerprint density at radius 2 is 2.13 bits per heavy atom. The van der Waals surface area contributed by atoms with Gasteiger partial charge in [-0.3, -0.25) is 9.59 Å². The van der Waals surface area contributed by atoms with Gasteiger partial charge >= 0.3 is 5.97 Å². The fourth-order valence-electron chi connectivity index (χ4n) is 3.35. The van der Waals surface area contributed by atoms with E-state index in [0.717, 1.165) is 45.3 Å². The molecule has 1 unspecified atom stereocenters. The smallest absolute Gasteiger partial charge is 0.316 e. The quantitative estimate of drug-likeness (QED) is 0.419. The Morgan fingerprint density at radius 3 is 2.87 bits per heavy atom. The van der Waals surface area contributed by atoms with Crippen molar-refractivity contribution in [3.63, 3.8) is 0 Å². The monoisotopic (exact) mass is 506 g/mol. The van der Waals surface area contributed by atoms with Crippen molar-refractivity contribution < 1.29 is 14.3 Å². The molecule has 3 rings (SSSR count). The highest BCUT2D eigenvalue weighted by molar-refractivity contribution is 9.10. The number of thiophene rings is 1. The molecular weight excluding hydrogens is 484 g/mol. The van der Waals surface area contributed by atoms with E-state index >= 15 is 0 Å². The molecule has 1 aliphatic rings. The molecule has 0 bridgehead atoms. The van der Waals surface area contributed by atoms with Crippen LogP contribution in [0.25, 0.3) is 0 Å². The molecule has 1 heterocycles. The van der Waals surface area contributed by atoms with Gasteiger partial charge in [0, 0.05) is 14.2 Å². The second kappa shape index (κ2) is 9.99. The molecule has 1 aliphatic carbocycles. The fourth-order valence-corrected chi connectivity index (χ4v) is 6.09. The normalized spacial score (nSPS) is 15.2. The van der Waals surface area contributed by atoms with Crippen molar-refractivity contribution in [2.75, 3.05) is 17.7 Å². The van der Waals surface area contributed by atoms with Crippen LogP contribution in [0.4, 0.5) is 5.00 Å². The topological polar surface area (TPSA) is 79.2 Å². The number of amides is 1. The number of hydrogen-bond acceptors (Lipinski definition) is 6. The molecule has 1 atom stereocenters. The molecule has 1 amide bonds. The molecule has 0 aliphatic heterocycles. The van der Waals surface area contributed by atoms with Gasteiger partial charge in [-0.15, -0.1) is 23.1 Å². The number of anilines is 1. The molecule has 0 fully saturated rings. The van der Waals surface area contributed by atoms with Gasteiger partial charge in [-0.25, -0.2) is 0 Å². The Morgan fingerprint density at radius 1 is 1.37 bits per heavy atom. The summed E-state index contributed by atoms with van der Waals surface area (Å²) in [6.45, 7) is 5.82. The second-order valence-electron chi connectivity index (χ2n) is 7.53. The van der Waals surface area contributed by atoms with Crippen LogP contribution in [-0.4, -0.2) is 24.2 Å². The van der Waals surface area contributed by atoms with Crippen molar-refractivity contribution in [2.45, 2.75) is 44.9 Å². The predicted octanol–water partition coefficient (Wildman–Crippen LogP) is 5.40. The minimum Gasteiger partial charge on any atom is -0.455 e. The summed E-state index contributed by atoms with van der Waals surface area (Å²) in [7, 11) is 0. The number of nitrogens with zero attached hydrogens (tertiary/aromatic N) is 1. The summed E-state index contributed by atoms with van der Waals surface area (Å²) >= 11 is 6.35. The number of carbonyl (C=O) groups excluding carboxylic acids is 2. The summed E-state index contributed by atoms with van der Waals surface area (Å²) < 4.78 is 6.16. The number of nitriles is 1. The van der Waals surface area contributed by atoms with Gasteiger partial charge in [-0.05, 0) is 67.9 Å². The van der Waals surface area contributed by atoms with Crippen LogP contribution < -0.4 is 5.32 Å². The first-order valence-electron chi connectivity index (χ1n) is 9.68. The van der Waals surface area contributed by atoms with Crippen LogP contribution in [0.15, 0.2) is 21.5 Å². The highest BCUT2D eigenvalue weighted by atomic mass is 79.9. The third kappa shape index (κ3) is 5.45. The van der Waals surface area contributed by atoms with E-state index in [0.29, 0.717) is 16.5 Å². The third-order valence-electron chi connectivity index (χ3n) is 5.04. The van der Waals surface area contributed by atoms with Crippen molar-refractivity contribution in [3.05, 3.63) is 43.7 Å². The SMILES string of the molecule is Cc1cc(SCC(=O)OCC(=O)Nc2sc3c(c2C#N)CCC(C)C3)c(C)cc1Br. The standard InChI is InChI=1S/C22H23BrN2O3S2/c1-12-4-5-15-16(9-24)22(30-19(15)6-12)25-20(26)10-28-21(27)11-29-18-8-13(2)17(23)7-14(18)3/h7-8,12H,4-6,10-11H2,1-3H3,(H,25,26). The molecule has 158 valence electrons. The van der Waals surface area contributed by atoms with Crippen LogP contribution >= 0.6 is 39.0 Å². The molecule has 1 aromatic carbocycles. The number of esters is 1. The highest BCUT2D eigenvalue weighted by Crippen LogP contribution is 2.39. The average Bonchev–Trinajstić information content (AvgIpc) is 3.03. The molecule has 0 radical (unpaired) electrons. The first-order valence-corrected chi connectivity index (χ1v) is 12.3. The maximum Gasteiger partial charge on any atom is 0.316 e. The van der Waals surface area contributed by atoms with E-state index in [1.54, 1.807) is 0 Å². The Kier molecular flexibility index (Phi) is 7.61. The molecule has 0 saturated heterocycles. The third-order valence-corrected chi connectivity index (χ3v) is 8.20. The van der Waals surface area contributed by atoms with Crippen molar-refractivity contribution in [2.24, 2.45) is 5.92 Å². The lowest BCUT2D eigenvalue weighted by Crippen LogP contribution is -2.21. The zero-order valence-electron chi connectivity index (χ0n) is 17.1. The minimum absolute atomic E-state index is 0.129. The van der Waals surface area contributed by atoms with Gasteiger partial charge in [-0.1, -0.05) is 22.9 Å². The van der Waals surface area contributed by atoms with Gasteiger partial charge in [0.1, 0.15) is 11.1 Å². The van der Waals surface area contributed by atoms with Crippen LogP contribution in [0, 0.1) is 31.1 Å². The van der Waals surface area contributed by atoms with Gasteiger partial charge in [0.25, 0.3) is 5.91 Å². The number of hydrogen-bond donors (Lipinski definition) is 1. The van der Waals surface area contributed by atoms with E-state index in [4.69, 9.17) is 4.74 Å². The van der Waals surface area contributed by atoms with E-state index in [1.807, 2.05) is 26.0 Å². The minimum atomic E-state index is -0.449. The summed E-state index contributed by atoms with van der Waals surface area (Å²) in [6.07, 6.45) is 2.86. The molecule has 5 nitrogen and oxygen atoms in total. The van der Waals surface area contributed by atoms with Crippen molar-refractivity contribution >= 4 is 55.9 Å². The first-order chi connectivity index (χ1) is 14.3. The summed E-state index contributed by atoms with van der Waals surface area (Å²) in [5.74, 6) is -0.158. The number of thioether (sulfide) groups is 1. The van der Waals surface area contributed by atoms with E-state index in [9.17, 15) is 14.9 Å². The predicted molar refractivity (Wildman–Crippen MR) is 124 cm³/mol. The van der Waals surface area contributed by atoms with Gasteiger partial charge in [0.15, 0.2) is 6.61 Å². The van der Waals surface area contributed by atoms with E-state index < -0.39 is 11.9 Å². The number of nitrogens with one attached hydrogen (secondary N) is 1. The van der Waals surface area contributed by atoms with Gasteiger partial charge < -0.3 is 10.1 Å². The Bertz CT molecular complexity index is 1030. The maximum atomic E-state index is 12.3. The number of halogens is 1. The molecule has 30 heavy (non-hydrogen) atoms. The Balaban J connectivity index is 1.52. The maximum absolute atomic E-state index is 12.3. The molecule has 0 saturated carbocycles. The van der Waals surface area contributed by atoms with Crippen LogP contribution in [0.3, 0.4) is 0 Å². The van der Waals surface area contributed by atoms with Crippen molar-refractivity contribution in [1.29, 1.82) is 5.26 Å². The number of benzene rings is 1. The van der Waals surface area contributed by atoms with E-state index in [-0.39, 0.29) is 12.4 Å². The van der Waals surface area contributed by atoms with Gasteiger partial charge in [0.05, 0.1) is 11.3 Å². The molecule has 1 aromatic heterocycles. The Labute approximate surface area is 193 Å². The highest BCUT2D eigenvalue weighted by Gasteiger charge is 2.24. The van der Waals surface area contributed by atoms with Gasteiger partial charge in [0.2, 0.25) is 0 Å². The molecule has 8 heteroatoms. The van der Waals surface area contributed by atoms with Crippen LogP contribution in [0.5, 0.6) is 0 Å². The van der Waals surface area contributed by atoms with Crippen molar-refractivity contribution in [3.8, 4) is 6.07 Å². The number of ether oxygens (including phenoxy) is 1. The summed E-state index contributed by atoms with van der Waals surface area (Å²) in [6, 6.07) is 6.26. The molecular formula is C22H23BrN2O3S2. The lowest BCUT2D eigenvalue weighted by molar-refractivity contribution is -0.144. The number of fused-ring (bicyclic) bond motifs is 1. The van der Waals surface area contributed by atoms with E-state index in [2.05, 4.69) is 34.2 Å².